The maximum atomic E-state index is 10.3. The van der Waals surface area contributed by atoms with Crippen LogP contribution in [-0.4, -0.2) is 18.5 Å². The van der Waals surface area contributed by atoms with Gasteiger partial charge in [-0.25, -0.2) is 0 Å². The van der Waals surface area contributed by atoms with Crippen molar-refractivity contribution in [2.75, 3.05) is 6.54 Å². The Hall–Kier alpha value is -0.570. The molecule has 0 aliphatic heterocycles. The topological polar surface area (TPSA) is 55.1 Å². The largest absolute Gasteiger partial charge is 0.355 e. The summed E-state index contributed by atoms with van der Waals surface area (Å²) < 4.78 is 0. The van der Waals surface area contributed by atoms with E-state index in [0.717, 1.165) is 6.42 Å². The standard InChI is InChI=1S/C6H14N2O/c1-3-6(7)4-8-5(2)9/h6H,3-4,7H2,1-2H3,(H,8,9)/t6-/m1/s1. The predicted octanol–water partition coefficient (Wildman–Crippen LogP) is -0.140. The van der Waals surface area contributed by atoms with Crippen molar-refractivity contribution in [3.8, 4) is 0 Å². The molecule has 0 bridgehead atoms. The molecule has 3 heteroatoms. The van der Waals surface area contributed by atoms with Gasteiger partial charge >= 0.3 is 0 Å². The molecule has 0 rings (SSSR count). The highest BCUT2D eigenvalue weighted by molar-refractivity contribution is 5.72. The lowest BCUT2D eigenvalue weighted by molar-refractivity contribution is -0.119. The number of amides is 1. The van der Waals surface area contributed by atoms with Crippen molar-refractivity contribution in [3.05, 3.63) is 0 Å². The van der Waals surface area contributed by atoms with Gasteiger partial charge in [0, 0.05) is 19.5 Å². The van der Waals surface area contributed by atoms with E-state index in [1.807, 2.05) is 6.92 Å². The Labute approximate surface area is 55.6 Å². The van der Waals surface area contributed by atoms with Crippen LogP contribution in [0.2, 0.25) is 0 Å². The third-order valence-corrected chi connectivity index (χ3v) is 1.14. The van der Waals surface area contributed by atoms with E-state index < -0.39 is 0 Å². The fourth-order valence-corrected chi connectivity index (χ4v) is 0.419. The van der Waals surface area contributed by atoms with E-state index in [1.165, 1.54) is 6.92 Å². The molecular weight excluding hydrogens is 116 g/mol. The van der Waals surface area contributed by atoms with Gasteiger partial charge in [0.1, 0.15) is 0 Å². The third kappa shape index (κ3) is 5.30. The highest BCUT2D eigenvalue weighted by atomic mass is 16.1. The zero-order valence-corrected chi connectivity index (χ0v) is 5.98. The Morgan fingerprint density at radius 1 is 1.78 bits per heavy atom. The molecule has 54 valence electrons. The second-order valence-electron chi connectivity index (χ2n) is 2.11. The number of hydrogen-bond acceptors (Lipinski definition) is 2. The van der Waals surface area contributed by atoms with E-state index in [1.54, 1.807) is 0 Å². The van der Waals surface area contributed by atoms with Gasteiger partial charge in [-0.3, -0.25) is 4.79 Å². The van der Waals surface area contributed by atoms with Gasteiger partial charge in [0.15, 0.2) is 0 Å². The third-order valence-electron chi connectivity index (χ3n) is 1.14. The molecule has 3 N–H and O–H groups in total. The molecule has 9 heavy (non-hydrogen) atoms. The lowest BCUT2D eigenvalue weighted by Gasteiger charge is -2.07. The van der Waals surface area contributed by atoms with Crippen LogP contribution in [0.3, 0.4) is 0 Å². The Bertz CT molecular complexity index is 93.1. The highest BCUT2D eigenvalue weighted by Crippen LogP contribution is 1.81. The zero-order chi connectivity index (χ0) is 7.28. The number of nitrogens with one attached hydrogen (secondary N) is 1. The fourth-order valence-electron chi connectivity index (χ4n) is 0.419. The van der Waals surface area contributed by atoms with Crippen LogP contribution in [0.1, 0.15) is 20.3 Å². The van der Waals surface area contributed by atoms with Crippen LogP contribution in [0.25, 0.3) is 0 Å². The summed E-state index contributed by atoms with van der Waals surface area (Å²) in [5.74, 6) is -0.0149. The van der Waals surface area contributed by atoms with Gasteiger partial charge in [0.25, 0.3) is 0 Å². The van der Waals surface area contributed by atoms with E-state index in [9.17, 15) is 4.79 Å². The first kappa shape index (κ1) is 8.43. The number of nitrogens with two attached hydrogens (primary N) is 1. The van der Waals surface area contributed by atoms with Crippen LogP contribution in [0.5, 0.6) is 0 Å². The van der Waals surface area contributed by atoms with Crippen molar-refractivity contribution in [2.24, 2.45) is 5.73 Å². The normalized spacial score (nSPS) is 12.8. The van der Waals surface area contributed by atoms with Crippen LogP contribution in [0.4, 0.5) is 0 Å². The summed E-state index contributed by atoms with van der Waals surface area (Å²) in [6.45, 7) is 4.07. The van der Waals surface area contributed by atoms with Crippen LogP contribution in [0.15, 0.2) is 0 Å². The first-order valence-corrected chi connectivity index (χ1v) is 3.16. The van der Waals surface area contributed by atoms with Gasteiger partial charge in [-0.2, -0.15) is 0 Å². The van der Waals surface area contributed by atoms with Gasteiger partial charge in [-0.05, 0) is 6.42 Å². The Morgan fingerprint density at radius 3 is 2.67 bits per heavy atom. The lowest BCUT2D eigenvalue weighted by atomic mass is 10.2. The molecule has 1 atom stereocenters. The van der Waals surface area contributed by atoms with Crippen LogP contribution in [0, 0.1) is 0 Å². The molecule has 0 saturated heterocycles. The quantitative estimate of drug-likeness (QED) is 0.558. The molecule has 0 aliphatic rings. The van der Waals surface area contributed by atoms with E-state index in [4.69, 9.17) is 5.73 Å². The number of rotatable bonds is 3. The summed E-state index contributed by atoms with van der Waals surface area (Å²) in [4.78, 5) is 10.3. The molecule has 0 heterocycles. The summed E-state index contributed by atoms with van der Waals surface area (Å²) in [5, 5.41) is 2.63. The average Bonchev–Trinajstić information content (AvgIpc) is 1.83. The van der Waals surface area contributed by atoms with Crippen molar-refractivity contribution < 1.29 is 4.79 Å². The fraction of sp³-hybridized carbons (Fsp3) is 0.833. The van der Waals surface area contributed by atoms with Crippen LogP contribution >= 0.6 is 0 Å². The number of carbonyl (C=O) groups is 1. The summed E-state index contributed by atoms with van der Waals surface area (Å²) in [6, 6.07) is 0.105. The van der Waals surface area contributed by atoms with E-state index >= 15 is 0 Å². The van der Waals surface area contributed by atoms with Crippen molar-refractivity contribution in [3.63, 3.8) is 0 Å². The molecule has 0 spiro atoms. The molecular formula is C6H14N2O. The smallest absolute Gasteiger partial charge is 0.216 e. The molecule has 0 aromatic carbocycles. The van der Waals surface area contributed by atoms with E-state index in [-0.39, 0.29) is 11.9 Å². The SMILES string of the molecule is CC[C@@H](N)CNC(C)=O. The number of carbonyl (C=O) groups excluding carboxylic acids is 1. The molecule has 0 aromatic heterocycles. The summed E-state index contributed by atoms with van der Waals surface area (Å²) >= 11 is 0. The van der Waals surface area contributed by atoms with Gasteiger partial charge in [-0.15, -0.1) is 0 Å². The molecule has 0 unspecified atom stereocenters. The zero-order valence-electron chi connectivity index (χ0n) is 5.98. The van der Waals surface area contributed by atoms with Gasteiger partial charge in [0.05, 0.1) is 0 Å². The molecule has 0 saturated carbocycles. The van der Waals surface area contributed by atoms with Crippen LogP contribution in [-0.2, 0) is 4.79 Å². The Kier molecular flexibility index (Phi) is 4.05. The molecule has 3 nitrogen and oxygen atoms in total. The van der Waals surface area contributed by atoms with Crippen LogP contribution < -0.4 is 11.1 Å². The first-order chi connectivity index (χ1) is 4.16. The summed E-state index contributed by atoms with van der Waals surface area (Å²) in [6.07, 6.45) is 0.903. The van der Waals surface area contributed by atoms with Crippen molar-refractivity contribution in [2.45, 2.75) is 26.3 Å². The summed E-state index contributed by atoms with van der Waals surface area (Å²) in [5.41, 5.74) is 5.51. The minimum atomic E-state index is -0.0149. The average molecular weight is 130 g/mol. The first-order valence-electron chi connectivity index (χ1n) is 3.16. The molecule has 0 fully saturated rings. The molecule has 0 aromatic rings. The van der Waals surface area contributed by atoms with Crippen molar-refractivity contribution in [1.29, 1.82) is 0 Å². The molecule has 0 radical (unpaired) electrons. The van der Waals surface area contributed by atoms with Gasteiger partial charge in [-0.1, -0.05) is 6.92 Å². The second-order valence-corrected chi connectivity index (χ2v) is 2.11. The van der Waals surface area contributed by atoms with Crippen molar-refractivity contribution >= 4 is 5.91 Å². The van der Waals surface area contributed by atoms with Gasteiger partial charge < -0.3 is 11.1 Å². The molecule has 1 amide bonds. The Morgan fingerprint density at radius 2 is 2.33 bits per heavy atom. The maximum absolute atomic E-state index is 10.3. The minimum absolute atomic E-state index is 0.0149. The van der Waals surface area contributed by atoms with E-state index in [2.05, 4.69) is 5.32 Å². The minimum Gasteiger partial charge on any atom is -0.355 e. The monoisotopic (exact) mass is 130 g/mol. The highest BCUT2D eigenvalue weighted by Gasteiger charge is 1.97. The lowest BCUT2D eigenvalue weighted by Crippen LogP contribution is -2.35. The van der Waals surface area contributed by atoms with E-state index in [0.29, 0.717) is 6.54 Å². The second kappa shape index (κ2) is 4.32. The maximum Gasteiger partial charge on any atom is 0.216 e. The van der Waals surface area contributed by atoms with Crippen molar-refractivity contribution in [1.82, 2.24) is 5.32 Å². The molecule has 0 aliphatic carbocycles. The predicted molar refractivity (Wildman–Crippen MR) is 37.0 cm³/mol. The Balaban J connectivity index is 3.16. The number of hydrogen-bond donors (Lipinski definition) is 2. The summed E-state index contributed by atoms with van der Waals surface area (Å²) in [7, 11) is 0. The van der Waals surface area contributed by atoms with Gasteiger partial charge in [0.2, 0.25) is 5.91 Å².